The van der Waals surface area contributed by atoms with Crippen LogP contribution in [0.5, 0.6) is 0 Å². The molecule has 0 fully saturated rings. The average Bonchev–Trinajstić information content (AvgIpc) is 2.57. The molecule has 0 amide bonds. The lowest BCUT2D eigenvalue weighted by Crippen LogP contribution is -2.18. The van der Waals surface area contributed by atoms with Gasteiger partial charge in [0.05, 0.1) is 0 Å². The largest absolute Gasteiger partial charge is 0.0622 e. The normalized spacial score (nSPS) is 10.7. The molecule has 0 heteroatoms. The Balaban J connectivity index is 0.000000249. The molecule has 0 bridgehead atoms. The molecule has 0 saturated carbocycles. The zero-order valence-electron chi connectivity index (χ0n) is 15.5. The Kier molecular flexibility index (Phi) is 5.98. The first-order valence-corrected chi connectivity index (χ1v) is 8.55. The minimum absolute atomic E-state index is 0.0708. The molecule has 0 saturated heterocycles. The van der Waals surface area contributed by atoms with Crippen molar-refractivity contribution in [2.75, 3.05) is 0 Å². The summed E-state index contributed by atoms with van der Waals surface area (Å²) in [4.78, 5) is 0. The van der Waals surface area contributed by atoms with Crippen LogP contribution in [0.4, 0.5) is 0 Å². The lowest BCUT2D eigenvalue weighted by molar-refractivity contribution is 0.640. The minimum atomic E-state index is 0.0708. The monoisotopic (exact) mass is 316 g/mol. The first-order valence-electron chi connectivity index (χ1n) is 8.55. The molecule has 0 aliphatic carbocycles. The average molecular weight is 316 g/mol. The van der Waals surface area contributed by atoms with Crippen molar-refractivity contribution in [1.29, 1.82) is 0 Å². The highest BCUT2D eigenvalue weighted by Crippen LogP contribution is 2.31. The van der Waals surface area contributed by atoms with Gasteiger partial charge in [0.1, 0.15) is 0 Å². The van der Waals surface area contributed by atoms with Crippen LogP contribution in [-0.2, 0) is 5.41 Å². The van der Waals surface area contributed by atoms with Crippen LogP contribution < -0.4 is 0 Å². The standard InChI is InChI=1S/C17H20.C7H8/c1-13-5-9-15(10-6-13)17(3,4)16-11-7-14(2)8-12-16;1-7-5-3-2-4-6-7/h5-12H,1-4H3;2-6H,1H3. The van der Waals surface area contributed by atoms with Gasteiger partial charge in [-0.1, -0.05) is 109 Å². The second-order valence-corrected chi connectivity index (χ2v) is 7.01. The van der Waals surface area contributed by atoms with Crippen molar-refractivity contribution in [3.63, 3.8) is 0 Å². The van der Waals surface area contributed by atoms with Crippen molar-refractivity contribution in [3.8, 4) is 0 Å². The molecule has 3 aromatic carbocycles. The highest BCUT2D eigenvalue weighted by molar-refractivity contribution is 5.39. The molecule has 3 aromatic rings. The fourth-order valence-corrected chi connectivity index (χ4v) is 2.64. The lowest BCUT2D eigenvalue weighted by atomic mass is 9.78. The van der Waals surface area contributed by atoms with E-state index in [9.17, 15) is 0 Å². The summed E-state index contributed by atoms with van der Waals surface area (Å²) in [6.07, 6.45) is 0. The summed E-state index contributed by atoms with van der Waals surface area (Å²) in [7, 11) is 0. The van der Waals surface area contributed by atoms with Crippen LogP contribution in [0.2, 0.25) is 0 Å². The van der Waals surface area contributed by atoms with Crippen molar-refractivity contribution in [3.05, 3.63) is 107 Å². The van der Waals surface area contributed by atoms with Gasteiger partial charge >= 0.3 is 0 Å². The summed E-state index contributed by atoms with van der Waals surface area (Å²) in [5.41, 5.74) is 6.75. The highest BCUT2D eigenvalue weighted by Gasteiger charge is 2.22. The van der Waals surface area contributed by atoms with Gasteiger partial charge in [-0.05, 0) is 31.9 Å². The second-order valence-electron chi connectivity index (χ2n) is 7.01. The van der Waals surface area contributed by atoms with Gasteiger partial charge in [0.15, 0.2) is 0 Å². The van der Waals surface area contributed by atoms with Gasteiger partial charge in [0, 0.05) is 5.41 Å². The van der Waals surface area contributed by atoms with E-state index in [1.54, 1.807) is 0 Å². The number of aryl methyl sites for hydroxylation is 3. The Morgan fingerprint density at radius 3 is 1.08 bits per heavy atom. The second kappa shape index (κ2) is 7.97. The van der Waals surface area contributed by atoms with E-state index in [4.69, 9.17) is 0 Å². The van der Waals surface area contributed by atoms with Crippen LogP contribution in [0.25, 0.3) is 0 Å². The Bertz CT molecular complexity index is 685. The van der Waals surface area contributed by atoms with Crippen LogP contribution >= 0.6 is 0 Å². The molecule has 3 rings (SSSR count). The van der Waals surface area contributed by atoms with Crippen molar-refractivity contribution >= 4 is 0 Å². The number of rotatable bonds is 2. The van der Waals surface area contributed by atoms with Crippen molar-refractivity contribution < 1.29 is 0 Å². The topological polar surface area (TPSA) is 0 Å². The predicted octanol–water partition coefficient (Wildman–Crippen LogP) is 6.62. The third-order valence-corrected chi connectivity index (χ3v) is 4.49. The van der Waals surface area contributed by atoms with E-state index in [1.165, 1.54) is 27.8 Å². The van der Waals surface area contributed by atoms with Crippen molar-refractivity contribution in [2.45, 2.75) is 40.0 Å². The molecule has 0 aliphatic heterocycles. The van der Waals surface area contributed by atoms with Gasteiger partial charge < -0.3 is 0 Å². The summed E-state index contributed by atoms with van der Waals surface area (Å²) in [6, 6.07) is 27.9. The summed E-state index contributed by atoms with van der Waals surface area (Å²) in [5, 5.41) is 0. The lowest BCUT2D eigenvalue weighted by Gasteiger charge is -2.26. The molecule has 0 aromatic heterocycles. The molecule has 0 nitrogen and oxygen atoms in total. The van der Waals surface area contributed by atoms with Crippen LogP contribution in [0.15, 0.2) is 78.9 Å². The molecule has 0 radical (unpaired) electrons. The van der Waals surface area contributed by atoms with E-state index in [-0.39, 0.29) is 5.41 Å². The van der Waals surface area contributed by atoms with E-state index >= 15 is 0 Å². The van der Waals surface area contributed by atoms with E-state index in [0.29, 0.717) is 0 Å². The van der Waals surface area contributed by atoms with Crippen LogP contribution in [0, 0.1) is 20.8 Å². The zero-order chi connectivity index (χ0) is 17.6. The molecule has 0 atom stereocenters. The van der Waals surface area contributed by atoms with Crippen LogP contribution in [-0.4, -0.2) is 0 Å². The Labute approximate surface area is 147 Å². The molecule has 124 valence electrons. The molecular weight excluding hydrogens is 288 g/mol. The summed E-state index contributed by atoms with van der Waals surface area (Å²) in [6.45, 7) is 10.9. The van der Waals surface area contributed by atoms with Gasteiger partial charge in [0.2, 0.25) is 0 Å². The van der Waals surface area contributed by atoms with Gasteiger partial charge in [-0.2, -0.15) is 0 Å². The van der Waals surface area contributed by atoms with Crippen molar-refractivity contribution in [1.82, 2.24) is 0 Å². The number of hydrogen-bond acceptors (Lipinski definition) is 0. The Morgan fingerprint density at radius 1 is 0.458 bits per heavy atom. The molecule has 0 aliphatic rings. The van der Waals surface area contributed by atoms with E-state index in [0.717, 1.165) is 0 Å². The minimum Gasteiger partial charge on any atom is -0.0622 e. The van der Waals surface area contributed by atoms with Crippen LogP contribution in [0.1, 0.15) is 41.7 Å². The molecule has 24 heavy (non-hydrogen) atoms. The maximum atomic E-state index is 2.28. The van der Waals surface area contributed by atoms with E-state index in [2.05, 4.69) is 95.3 Å². The molecule has 0 N–H and O–H groups in total. The number of hydrogen-bond donors (Lipinski definition) is 0. The molecular formula is C24H28. The highest BCUT2D eigenvalue weighted by atomic mass is 14.3. The first kappa shape index (κ1) is 18.0. The van der Waals surface area contributed by atoms with Gasteiger partial charge in [-0.3, -0.25) is 0 Å². The van der Waals surface area contributed by atoms with Crippen molar-refractivity contribution in [2.24, 2.45) is 0 Å². The van der Waals surface area contributed by atoms with E-state index < -0.39 is 0 Å². The number of benzene rings is 3. The van der Waals surface area contributed by atoms with Crippen LogP contribution in [0.3, 0.4) is 0 Å². The van der Waals surface area contributed by atoms with Gasteiger partial charge in [0.25, 0.3) is 0 Å². The third-order valence-electron chi connectivity index (χ3n) is 4.49. The maximum absolute atomic E-state index is 2.28. The van der Waals surface area contributed by atoms with Gasteiger partial charge in [-0.25, -0.2) is 0 Å². The van der Waals surface area contributed by atoms with E-state index in [1.807, 2.05) is 18.2 Å². The Hall–Kier alpha value is -2.34. The summed E-state index contributed by atoms with van der Waals surface area (Å²) >= 11 is 0. The fraction of sp³-hybridized carbons (Fsp3) is 0.250. The van der Waals surface area contributed by atoms with Gasteiger partial charge in [-0.15, -0.1) is 0 Å². The molecule has 0 unspecified atom stereocenters. The molecule has 0 heterocycles. The predicted molar refractivity (Wildman–Crippen MR) is 106 cm³/mol. The SMILES string of the molecule is Cc1ccc(C(C)(C)c2ccc(C)cc2)cc1.Cc1ccccc1. The summed E-state index contributed by atoms with van der Waals surface area (Å²) in [5.74, 6) is 0. The first-order chi connectivity index (χ1) is 11.4. The third kappa shape index (κ3) is 4.83. The Morgan fingerprint density at radius 2 is 0.792 bits per heavy atom. The summed E-state index contributed by atoms with van der Waals surface area (Å²) < 4.78 is 0. The smallest absolute Gasteiger partial charge is 0.0146 e. The quantitative estimate of drug-likeness (QED) is 0.498. The zero-order valence-corrected chi connectivity index (χ0v) is 15.5. The fourth-order valence-electron chi connectivity index (χ4n) is 2.64. The maximum Gasteiger partial charge on any atom is 0.0146 e. The molecule has 0 spiro atoms.